The molecule has 0 aliphatic rings. The third kappa shape index (κ3) is 6.39. The van der Waals surface area contributed by atoms with E-state index < -0.39 is 6.10 Å². The van der Waals surface area contributed by atoms with Crippen LogP contribution in [0.4, 0.5) is 0 Å². The summed E-state index contributed by atoms with van der Waals surface area (Å²) in [5.74, 6) is 0.645. The number of nitrogens with zero attached hydrogens (tertiary/aromatic N) is 1. The van der Waals surface area contributed by atoms with Gasteiger partial charge in [-0.2, -0.15) is 0 Å². The van der Waals surface area contributed by atoms with Gasteiger partial charge in [0.15, 0.2) is 0 Å². The van der Waals surface area contributed by atoms with Crippen LogP contribution >= 0.6 is 12.2 Å². The molecule has 1 rings (SSSR count). The largest absolute Gasteiger partial charge is 0.491 e. The molecule has 0 saturated heterocycles. The molecule has 6 heteroatoms. The monoisotopic (exact) mass is 312 g/mol. The fourth-order valence-electron chi connectivity index (χ4n) is 1.87. The van der Waals surface area contributed by atoms with E-state index in [1.54, 1.807) is 13.2 Å². The Labute approximate surface area is 131 Å². The molecule has 0 radical (unpaired) electrons. The lowest BCUT2D eigenvalue weighted by Gasteiger charge is -2.26. The summed E-state index contributed by atoms with van der Waals surface area (Å²) in [6, 6.07) is 7.47. The van der Waals surface area contributed by atoms with E-state index in [4.69, 9.17) is 27.4 Å². The highest BCUT2D eigenvalue weighted by molar-refractivity contribution is 7.80. The summed E-state index contributed by atoms with van der Waals surface area (Å²) >= 11 is 4.92. The van der Waals surface area contributed by atoms with Gasteiger partial charge in [0.05, 0.1) is 6.61 Å². The standard InChI is InChI=1S/C15H24N2O3S/c1-11(9-19-3)17(2)8-13(18)10-20-14-6-4-5-12(7-14)15(16)21/h4-7,11,13,18H,8-10H2,1-3H3,(H2,16,21). The van der Waals surface area contributed by atoms with Gasteiger partial charge in [-0.25, -0.2) is 0 Å². The molecule has 0 heterocycles. The molecule has 0 amide bonds. The lowest BCUT2D eigenvalue weighted by molar-refractivity contribution is 0.0466. The van der Waals surface area contributed by atoms with Crippen LogP contribution in [0.5, 0.6) is 5.75 Å². The molecule has 2 unspecified atom stereocenters. The Morgan fingerprint density at radius 3 is 2.76 bits per heavy atom. The Balaban J connectivity index is 2.44. The van der Waals surface area contributed by atoms with Gasteiger partial charge in [-0.05, 0) is 26.1 Å². The second kappa shape index (κ2) is 8.94. The minimum atomic E-state index is -0.581. The summed E-state index contributed by atoms with van der Waals surface area (Å²) in [5.41, 5.74) is 6.33. The summed E-state index contributed by atoms with van der Waals surface area (Å²) in [7, 11) is 3.61. The van der Waals surface area contributed by atoms with E-state index in [1.165, 1.54) is 0 Å². The van der Waals surface area contributed by atoms with Crippen molar-refractivity contribution in [2.24, 2.45) is 5.73 Å². The van der Waals surface area contributed by atoms with Crippen molar-refractivity contribution >= 4 is 17.2 Å². The molecule has 0 fully saturated rings. The van der Waals surface area contributed by atoms with Crippen LogP contribution in [0.25, 0.3) is 0 Å². The SMILES string of the molecule is COCC(C)N(C)CC(O)COc1cccc(C(N)=S)c1. The van der Waals surface area contributed by atoms with Crippen LogP contribution in [-0.4, -0.2) is 61.1 Å². The number of methoxy groups -OCH3 is 1. The van der Waals surface area contributed by atoms with Gasteiger partial charge in [-0.15, -0.1) is 0 Å². The van der Waals surface area contributed by atoms with Crippen LogP contribution in [0.3, 0.4) is 0 Å². The molecule has 0 aromatic heterocycles. The predicted octanol–water partition coefficient (Wildman–Crippen LogP) is 1.03. The van der Waals surface area contributed by atoms with Crippen molar-refractivity contribution in [2.45, 2.75) is 19.1 Å². The van der Waals surface area contributed by atoms with Crippen LogP contribution in [0, 0.1) is 0 Å². The topological polar surface area (TPSA) is 68.0 Å². The van der Waals surface area contributed by atoms with Crippen molar-refractivity contribution in [3.05, 3.63) is 29.8 Å². The van der Waals surface area contributed by atoms with E-state index in [0.29, 0.717) is 23.9 Å². The number of likely N-dealkylation sites (N-methyl/N-ethyl adjacent to an activating group) is 1. The third-order valence-corrected chi connectivity index (χ3v) is 3.46. The maximum Gasteiger partial charge on any atom is 0.120 e. The summed E-state index contributed by atoms with van der Waals surface area (Å²) in [5, 5.41) is 10.0. The first kappa shape index (κ1) is 17.8. The summed E-state index contributed by atoms with van der Waals surface area (Å²) in [6.45, 7) is 3.40. The van der Waals surface area contributed by atoms with Crippen molar-refractivity contribution in [1.82, 2.24) is 4.90 Å². The number of aliphatic hydroxyl groups excluding tert-OH is 1. The van der Waals surface area contributed by atoms with Gasteiger partial charge in [0.1, 0.15) is 23.4 Å². The lowest BCUT2D eigenvalue weighted by Crippen LogP contribution is -2.40. The zero-order chi connectivity index (χ0) is 15.8. The quantitative estimate of drug-likeness (QED) is 0.664. The highest BCUT2D eigenvalue weighted by Gasteiger charge is 2.14. The molecule has 0 aliphatic carbocycles. The molecule has 3 N–H and O–H groups in total. The number of ether oxygens (including phenoxy) is 2. The second-order valence-electron chi connectivity index (χ2n) is 5.10. The van der Waals surface area contributed by atoms with Crippen LogP contribution in [-0.2, 0) is 4.74 Å². The van der Waals surface area contributed by atoms with E-state index >= 15 is 0 Å². The number of aliphatic hydroxyl groups is 1. The van der Waals surface area contributed by atoms with Gasteiger partial charge in [-0.1, -0.05) is 24.4 Å². The lowest BCUT2D eigenvalue weighted by atomic mass is 10.2. The van der Waals surface area contributed by atoms with E-state index in [1.807, 2.05) is 37.1 Å². The Bertz CT molecular complexity index is 456. The Hall–Kier alpha value is -1.21. The molecule has 0 saturated carbocycles. The van der Waals surface area contributed by atoms with Gasteiger partial charge in [-0.3, -0.25) is 4.90 Å². The molecule has 1 aromatic carbocycles. The zero-order valence-electron chi connectivity index (χ0n) is 12.8. The normalized spacial score (nSPS) is 14.0. The number of nitrogens with two attached hydrogens (primary N) is 1. The minimum Gasteiger partial charge on any atom is -0.491 e. The van der Waals surface area contributed by atoms with E-state index in [2.05, 4.69) is 0 Å². The van der Waals surface area contributed by atoms with Crippen LogP contribution in [0.15, 0.2) is 24.3 Å². The third-order valence-electron chi connectivity index (χ3n) is 3.22. The molecular weight excluding hydrogens is 288 g/mol. The van der Waals surface area contributed by atoms with Crippen LogP contribution in [0.1, 0.15) is 12.5 Å². The maximum absolute atomic E-state index is 10.0. The summed E-state index contributed by atoms with van der Waals surface area (Å²) in [4.78, 5) is 2.36. The van der Waals surface area contributed by atoms with Gasteiger partial charge in [0, 0.05) is 25.3 Å². The number of hydrogen-bond acceptors (Lipinski definition) is 5. The zero-order valence-corrected chi connectivity index (χ0v) is 13.6. The number of rotatable bonds is 9. The Morgan fingerprint density at radius 2 is 2.14 bits per heavy atom. The van der Waals surface area contributed by atoms with Gasteiger partial charge in [0.2, 0.25) is 0 Å². The van der Waals surface area contributed by atoms with Crippen LogP contribution in [0.2, 0.25) is 0 Å². The smallest absolute Gasteiger partial charge is 0.120 e. The van der Waals surface area contributed by atoms with Crippen molar-refractivity contribution in [1.29, 1.82) is 0 Å². The van der Waals surface area contributed by atoms with Gasteiger partial charge in [0.25, 0.3) is 0 Å². The molecule has 0 aliphatic heterocycles. The van der Waals surface area contributed by atoms with E-state index in [-0.39, 0.29) is 12.6 Å². The average molecular weight is 312 g/mol. The van der Waals surface area contributed by atoms with E-state index in [9.17, 15) is 5.11 Å². The first-order chi connectivity index (χ1) is 9.93. The minimum absolute atomic E-state index is 0.213. The summed E-state index contributed by atoms with van der Waals surface area (Å²) in [6.07, 6.45) is -0.581. The molecule has 21 heavy (non-hydrogen) atoms. The molecule has 0 spiro atoms. The molecule has 0 bridgehead atoms. The fourth-order valence-corrected chi connectivity index (χ4v) is 1.99. The average Bonchev–Trinajstić information content (AvgIpc) is 2.45. The first-order valence-corrected chi connectivity index (χ1v) is 7.24. The van der Waals surface area contributed by atoms with Gasteiger partial charge < -0.3 is 20.3 Å². The fraction of sp³-hybridized carbons (Fsp3) is 0.533. The number of thiocarbonyl (C=S) groups is 1. The van der Waals surface area contributed by atoms with E-state index in [0.717, 1.165) is 5.56 Å². The second-order valence-corrected chi connectivity index (χ2v) is 5.54. The highest BCUT2D eigenvalue weighted by Crippen LogP contribution is 2.13. The Morgan fingerprint density at radius 1 is 1.43 bits per heavy atom. The predicted molar refractivity (Wildman–Crippen MR) is 87.8 cm³/mol. The van der Waals surface area contributed by atoms with Gasteiger partial charge >= 0.3 is 0 Å². The summed E-state index contributed by atoms with van der Waals surface area (Å²) < 4.78 is 10.7. The molecule has 1 aromatic rings. The highest BCUT2D eigenvalue weighted by atomic mass is 32.1. The van der Waals surface area contributed by atoms with Crippen molar-refractivity contribution < 1.29 is 14.6 Å². The van der Waals surface area contributed by atoms with Crippen molar-refractivity contribution in [2.75, 3.05) is 33.9 Å². The Kier molecular flexibility index (Phi) is 7.60. The number of benzene rings is 1. The van der Waals surface area contributed by atoms with Crippen LogP contribution < -0.4 is 10.5 Å². The molecule has 118 valence electrons. The first-order valence-electron chi connectivity index (χ1n) is 6.84. The van der Waals surface area contributed by atoms with Crippen molar-refractivity contribution in [3.8, 4) is 5.75 Å². The maximum atomic E-state index is 10.0. The molecule has 5 nitrogen and oxygen atoms in total. The number of hydrogen-bond donors (Lipinski definition) is 2. The van der Waals surface area contributed by atoms with Crippen molar-refractivity contribution in [3.63, 3.8) is 0 Å². The molecule has 2 atom stereocenters. The molecular formula is C15H24N2O3S.